The summed E-state index contributed by atoms with van der Waals surface area (Å²) < 4.78 is 1.70. The van der Waals surface area contributed by atoms with Crippen molar-refractivity contribution in [2.75, 3.05) is 14.1 Å². The highest BCUT2D eigenvalue weighted by Crippen LogP contribution is 2.08. The summed E-state index contributed by atoms with van der Waals surface area (Å²) in [5.41, 5.74) is 2.82. The van der Waals surface area contributed by atoms with Gasteiger partial charge in [0.1, 0.15) is 5.69 Å². The van der Waals surface area contributed by atoms with E-state index in [2.05, 4.69) is 10.3 Å². The fourth-order valence-corrected chi connectivity index (χ4v) is 2.16. The minimum absolute atomic E-state index is 0.0407. The molecule has 0 aliphatic carbocycles. The highest BCUT2D eigenvalue weighted by atomic mass is 16.2. The molecule has 0 spiro atoms. The summed E-state index contributed by atoms with van der Waals surface area (Å²) >= 11 is 0. The molecule has 6 heteroatoms. The predicted molar refractivity (Wildman–Crippen MR) is 83.6 cm³/mol. The summed E-state index contributed by atoms with van der Waals surface area (Å²) in [5, 5.41) is 2.86. The van der Waals surface area contributed by atoms with E-state index in [-0.39, 0.29) is 11.8 Å². The molecule has 0 aliphatic rings. The molecule has 0 unspecified atom stereocenters. The maximum absolute atomic E-state index is 12.2. The molecule has 0 atom stereocenters. The number of imidazole rings is 1. The molecule has 2 rings (SSSR count). The van der Waals surface area contributed by atoms with Gasteiger partial charge in [0.2, 0.25) is 0 Å². The van der Waals surface area contributed by atoms with Crippen LogP contribution in [0.5, 0.6) is 0 Å². The van der Waals surface area contributed by atoms with E-state index in [0.29, 0.717) is 23.5 Å². The largest absolute Gasteiger partial charge is 0.347 e. The van der Waals surface area contributed by atoms with Crippen molar-refractivity contribution >= 4 is 11.8 Å². The third-order valence-electron chi connectivity index (χ3n) is 3.40. The lowest BCUT2D eigenvalue weighted by molar-refractivity contribution is 0.0827. The number of nitrogens with zero attached hydrogens (tertiary/aromatic N) is 3. The molecule has 1 N–H and O–H groups in total. The number of nitrogens with one attached hydrogen (secondary N) is 1. The van der Waals surface area contributed by atoms with Gasteiger partial charge in [-0.1, -0.05) is 12.1 Å². The molecule has 0 saturated heterocycles. The molecule has 0 bridgehead atoms. The zero-order valence-corrected chi connectivity index (χ0v) is 13.3. The first kappa shape index (κ1) is 15.8. The van der Waals surface area contributed by atoms with E-state index in [0.717, 1.165) is 5.56 Å². The van der Waals surface area contributed by atoms with E-state index in [1.165, 1.54) is 4.90 Å². The van der Waals surface area contributed by atoms with E-state index < -0.39 is 0 Å². The van der Waals surface area contributed by atoms with Gasteiger partial charge in [-0.05, 0) is 24.6 Å². The monoisotopic (exact) mass is 300 g/mol. The number of carbonyl (C=O) groups is 2. The normalized spacial score (nSPS) is 10.4. The maximum Gasteiger partial charge on any atom is 0.270 e. The number of carbonyl (C=O) groups excluding carboxylic acids is 2. The standard InChI is InChI=1S/C16H20N4O2/c1-11-14(20(4)10-18-11)15(21)17-9-12-5-7-13(8-6-12)16(22)19(2)3/h5-8,10H,9H2,1-4H3,(H,17,21). The van der Waals surface area contributed by atoms with Crippen LogP contribution in [0.3, 0.4) is 0 Å². The number of hydrogen-bond donors (Lipinski definition) is 1. The van der Waals surface area contributed by atoms with Crippen LogP contribution >= 0.6 is 0 Å². The van der Waals surface area contributed by atoms with Gasteiger partial charge in [0.25, 0.3) is 11.8 Å². The Morgan fingerprint density at radius 2 is 1.86 bits per heavy atom. The van der Waals surface area contributed by atoms with E-state index in [1.54, 1.807) is 51.1 Å². The molecule has 1 aromatic heterocycles. The smallest absolute Gasteiger partial charge is 0.270 e. The number of rotatable bonds is 4. The van der Waals surface area contributed by atoms with Crippen molar-refractivity contribution in [2.45, 2.75) is 13.5 Å². The van der Waals surface area contributed by atoms with Crippen molar-refractivity contribution in [3.05, 3.63) is 53.1 Å². The van der Waals surface area contributed by atoms with Crippen LogP contribution in [0.25, 0.3) is 0 Å². The molecular weight excluding hydrogens is 280 g/mol. The summed E-state index contributed by atoms with van der Waals surface area (Å²) in [6.45, 7) is 2.20. The Morgan fingerprint density at radius 1 is 1.23 bits per heavy atom. The summed E-state index contributed by atoms with van der Waals surface area (Å²) in [6, 6.07) is 7.21. The third-order valence-corrected chi connectivity index (χ3v) is 3.40. The Morgan fingerprint density at radius 3 is 2.36 bits per heavy atom. The summed E-state index contributed by atoms with van der Waals surface area (Å²) in [5.74, 6) is -0.202. The third kappa shape index (κ3) is 3.33. The Hall–Kier alpha value is -2.63. The predicted octanol–water partition coefficient (Wildman–Crippen LogP) is 1.36. The van der Waals surface area contributed by atoms with Gasteiger partial charge in [-0.25, -0.2) is 4.98 Å². The minimum Gasteiger partial charge on any atom is -0.347 e. The number of aryl methyl sites for hydroxylation is 2. The van der Waals surface area contributed by atoms with Crippen molar-refractivity contribution in [1.82, 2.24) is 19.8 Å². The van der Waals surface area contributed by atoms with Crippen molar-refractivity contribution in [2.24, 2.45) is 7.05 Å². The van der Waals surface area contributed by atoms with Gasteiger partial charge in [-0.3, -0.25) is 9.59 Å². The molecule has 2 aromatic rings. The van der Waals surface area contributed by atoms with E-state index in [9.17, 15) is 9.59 Å². The lowest BCUT2D eigenvalue weighted by atomic mass is 10.1. The minimum atomic E-state index is -0.161. The second-order valence-electron chi connectivity index (χ2n) is 5.37. The van der Waals surface area contributed by atoms with Gasteiger partial charge >= 0.3 is 0 Å². The quantitative estimate of drug-likeness (QED) is 0.927. The zero-order chi connectivity index (χ0) is 16.3. The number of amides is 2. The van der Waals surface area contributed by atoms with Gasteiger partial charge < -0.3 is 14.8 Å². The molecule has 0 radical (unpaired) electrons. The van der Waals surface area contributed by atoms with E-state index in [4.69, 9.17) is 0 Å². The zero-order valence-electron chi connectivity index (χ0n) is 13.3. The molecule has 0 saturated carbocycles. The number of benzene rings is 1. The van der Waals surface area contributed by atoms with Gasteiger partial charge in [-0.2, -0.15) is 0 Å². The molecule has 1 aromatic carbocycles. The van der Waals surface area contributed by atoms with Crippen LogP contribution in [-0.4, -0.2) is 40.4 Å². The van der Waals surface area contributed by atoms with Crippen molar-refractivity contribution < 1.29 is 9.59 Å². The van der Waals surface area contributed by atoms with Gasteiger partial charge in [0.15, 0.2) is 0 Å². The second kappa shape index (κ2) is 6.43. The lowest BCUT2D eigenvalue weighted by Gasteiger charge is -2.11. The van der Waals surface area contributed by atoms with Crippen molar-refractivity contribution in [1.29, 1.82) is 0 Å². The van der Waals surface area contributed by atoms with Crippen LogP contribution < -0.4 is 5.32 Å². The van der Waals surface area contributed by atoms with Crippen LogP contribution in [0.2, 0.25) is 0 Å². The fourth-order valence-electron chi connectivity index (χ4n) is 2.16. The summed E-state index contributed by atoms with van der Waals surface area (Å²) in [4.78, 5) is 29.6. The van der Waals surface area contributed by atoms with Crippen LogP contribution in [0.4, 0.5) is 0 Å². The molecule has 22 heavy (non-hydrogen) atoms. The highest BCUT2D eigenvalue weighted by Gasteiger charge is 2.13. The molecule has 116 valence electrons. The van der Waals surface area contributed by atoms with Crippen LogP contribution in [0.15, 0.2) is 30.6 Å². The SMILES string of the molecule is Cc1ncn(C)c1C(=O)NCc1ccc(C(=O)N(C)C)cc1. The maximum atomic E-state index is 12.2. The van der Waals surface area contributed by atoms with Gasteiger partial charge in [0.05, 0.1) is 12.0 Å². The average Bonchev–Trinajstić information content (AvgIpc) is 2.83. The molecule has 0 fully saturated rings. The molecule has 6 nitrogen and oxygen atoms in total. The Balaban J connectivity index is 2.00. The topological polar surface area (TPSA) is 67.2 Å². The molecule has 2 amide bonds. The first-order chi connectivity index (χ1) is 10.4. The lowest BCUT2D eigenvalue weighted by Crippen LogP contribution is -2.25. The first-order valence-corrected chi connectivity index (χ1v) is 6.97. The van der Waals surface area contributed by atoms with Gasteiger partial charge in [-0.15, -0.1) is 0 Å². The first-order valence-electron chi connectivity index (χ1n) is 6.97. The Kier molecular flexibility index (Phi) is 4.60. The van der Waals surface area contributed by atoms with Crippen LogP contribution in [-0.2, 0) is 13.6 Å². The second-order valence-corrected chi connectivity index (χ2v) is 5.37. The van der Waals surface area contributed by atoms with E-state index in [1.807, 2.05) is 12.1 Å². The summed E-state index contributed by atoms with van der Waals surface area (Å²) in [6.07, 6.45) is 1.62. The number of aromatic nitrogens is 2. The Bertz CT molecular complexity index is 667. The fraction of sp³-hybridized carbons (Fsp3) is 0.312. The molecular formula is C16H20N4O2. The van der Waals surface area contributed by atoms with E-state index >= 15 is 0 Å². The van der Waals surface area contributed by atoms with Gasteiger partial charge in [0, 0.05) is 33.3 Å². The highest BCUT2D eigenvalue weighted by molar-refractivity contribution is 5.94. The molecule has 0 aliphatic heterocycles. The number of hydrogen-bond acceptors (Lipinski definition) is 3. The van der Waals surface area contributed by atoms with Crippen molar-refractivity contribution in [3.63, 3.8) is 0 Å². The average molecular weight is 300 g/mol. The Labute approximate surface area is 129 Å². The van der Waals surface area contributed by atoms with Crippen LogP contribution in [0.1, 0.15) is 32.1 Å². The van der Waals surface area contributed by atoms with Crippen molar-refractivity contribution in [3.8, 4) is 0 Å². The summed E-state index contributed by atoms with van der Waals surface area (Å²) in [7, 11) is 5.22. The molecule has 1 heterocycles. The van der Waals surface area contributed by atoms with Crippen LogP contribution in [0, 0.1) is 6.92 Å².